The summed E-state index contributed by atoms with van der Waals surface area (Å²) in [7, 11) is 0. The SMILES string of the molecule is CC(C)N(CCC(=O)O)C(=O)C1CC12CCCc1ccccc12. The number of fused-ring (bicyclic) bond motifs is 2. The van der Waals surface area contributed by atoms with Crippen LogP contribution in [0.15, 0.2) is 24.3 Å². The molecule has 4 nitrogen and oxygen atoms in total. The molecule has 124 valence electrons. The van der Waals surface area contributed by atoms with Gasteiger partial charge in [-0.2, -0.15) is 0 Å². The number of carboxylic acids is 1. The molecule has 0 radical (unpaired) electrons. The molecule has 2 atom stereocenters. The number of carboxylic acid groups (broad SMARTS) is 1. The van der Waals surface area contributed by atoms with Crippen LogP contribution in [0.5, 0.6) is 0 Å². The van der Waals surface area contributed by atoms with Crippen molar-refractivity contribution < 1.29 is 14.7 Å². The van der Waals surface area contributed by atoms with Crippen LogP contribution in [0.1, 0.15) is 50.7 Å². The summed E-state index contributed by atoms with van der Waals surface area (Å²) < 4.78 is 0. The number of hydrogen-bond acceptors (Lipinski definition) is 2. The molecule has 1 amide bonds. The second kappa shape index (κ2) is 5.99. The first-order valence-corrected chi connectivity index (χ1v) is 8.56. The zero-order valence-electron chi connectivity index (χ0n) is 13.9. The molecular formula is C19H25NO3. The summed E-state index contributed by atoms with van der Waals surface area (Å²) in [6.07, 6.45) is 4.24. The van der Waals surface area contributed by atoms with E-state index in [4.69, 9.17) is 5.11 Å². The van der Waals surface area contributed by atoms with E-state index in [1.54, 1.807) is 4.90 Å². The van der Waals surface area contributed by atoms with Crippen LogP contribution in [0, 0.1) is 5.92 Å². The van der Waals surface area contributed by atoms with E-state index in [2.05, 4.69) is 24.3 Å². The molecule has 3 rings (SSSR count). The Balaban J connectivity index is 1.79. The zero-order chi connectivity index (χ0) is 16.6. The van der Waals surface area contributed by atoms with Gasteiger partial charge in [0.1, 0.15) is 0 Å². The molecule has 4 heteroatoms. The second-order valence-electron chi connectivity index (χ2n) is 7.19. The molecule has 1 spiro atoms. The lowest BCUT2D eigenvalue weighted by Gasteiger charge is -2.30. The fraction of sp³-hybridized carbons (Fsp3) is 0.579. The van der Waals surface area contributed by atoms with Gasteiger partial charge in [0, 0.05) is 23.9 Å². The monoisotopic (exact) mass is 315 g/mol. The summed E-state index contributed by atoms with van der Waals surface area (Å²) in [6.45, 7) is 4.23. The molecule has 2 aliphatic rings. The molecule has 2 aliphatic carbocycles. The van der Waals surface area contributed by atoms with Gasteiger partial charge in [0.2, 0.25) is 5.91 Å². The second-order valence-corrected chi connectivity index (χ2v) is 7.19. The first-order valence-electron chi connectivity index (χ1n) is 8.56. The van der Waals surface area contributed by atoms with Crippen molar-refractivity contribution in [1.82, 2.24) is 4.90 Å². The molecule has 0 aliphatic heterocycles. The minimum atomic E-state index is -0.850. The third-order valence-corrected chi connectivity index (χ3v) is 5.47. The Bertz CT molecular complexity index is 625. The number of rotatable bonds is 5. The number of aliphatic carboxylic acids is 1. The maximum atomic E-state index is 13.0. The van der Waals surface area contributed by atoms with Crippen molar-refractivity contribution in [1.29, 1.82) is 0 Å². The van der Waals surface area contributed by atoms with Gasteiger partial charge < -0.3 is 10.0 Å². The number of amides is 1. The van der Waals surface area contributed by atoms with E-state index in [1.165, 1.54) is 11.1 Å². The predicted molar refractivity (Wildman–Crippen MR) is 88.3 cm³/mol. The summed E-state index contributed by atoms with van der Waals surface area (Å²) in [5, 5.41) is 8.91. The van der Waals surface area contributed by atoms with E-state index in [0.717, 1.165) is 25.7 Å². The number of carbonyl (C=O) groups excluding carboxylic acids is 1. The standard InChI is InChI=1S/C19H25NO3/c1-13(2)20(11-9-17(21)22)18(23)16-12-19(16)10-5-7-14-6-3-4-8-15(14)19/h3-4,6,8,13,16H,5,7,9-12H2,1-2H3,(H,21,22). The highest BCUT2D eigenvalue weighted by atomic mass is 16.4. The molecule has 0 aromatic heterocycles. The average molecular weight is 315 g/mol. The van der Waals surface area contributed by atoms with Crippen LogP contribution < -0.4 is 0 Å². The number of aryl methyl sites for hydroxylation is 1. The lowest BCUT2D eigenvalue weighted by Crippen LogP contribution is -2.41. The van der Waals surface area contributed by atoms with Crippen LogP contribution in [-0.2, 0) is 21.4 Å². The van der Waals surface area contributed by atoms with E-state index in [1.807, 2.05) is 13.8 Å². The van der Waals surface area contributed by atoms with E-state index in [0.29, 0.717) is 6.54 Å². The fourth-order valence-corrected chi connectivity index (χ4v) is 4.20. The molecule has 0 heterocycles. The Morgan fingerprint density at radius 3 is 2.78 bits per heavy atom. The minimum absolute atomic E-state index is 0.0141. The van der Waals surface area contributed by atoms with Crippen LogP contribution in [0.3, 0.4) is 0 Å². The Morgan fingerprint density at radius 1 is 1.35 bits per heavy atom. The number of benzene rings is 1. The van der Waals surface area contributed by atoms with Crippen LogP contribution in [0.25, 0.3) is 0 Å². The van der Waals surface area contributed by atoms with Crippen LogP contribution in [-0.4, -0.2) is 34.5 Å². The highest BCUT2D eigenvalue weighted by Gasteiger charge is 2.60. The maximum absolute atomic E-state index is 13.0. The van der Waals surface area contributed by atoms with Crippen molar-refractivity contribution >= 4 is 11.9 Å². The third kappa shape index (κ3) is 2.87. The third-order valence-electron chi connectivity index (χ3n) is 5.47. The lowest BCUT2D eigenvalue weighted by molar-refractivity contribution is -0.139. The summed E-state index contributed by atoms with van der Waals surface area (Å²) in [5.74, 6) is -0.685. The van der Waals surface area contributed by atoms with Gasteiger partial charge in [-0.15, -0.1) is 0 Å². The largest absolute Gasteiger partial charge is 0.481 e. The molecule has 1 aromatic carbocycles. The Hall–Kier alpha value is -1.84. The van der Waals surface area contributed by atoms with E-state index in [-0.39, 0.29) is 29.7 Å². The van der Waals surface area contributed by atoms with Crippen molar-refractivity contribution in [3.63, 3.8) is 0 Å². The summed E-state index contributed by atoms with van der Waals surface area (Å²) in [6, 6.07) is 8.54. The van der Waals surface area contributed by atoms with Gasteiger partial charge >= 0.3 is 5.97 Å². The molecular weight excluding hydrogens is 290 g/mol. The summed E-state index contributed by atoms with van der Waals surface area (Å²) in [4.78, 5) is 25.6. The van der Waals surface area contributed by atoms with E-state index in [9.17, 15) is 9.59 Å². The highest BCUT2D eigenvalue weighted by Crippen LogP contribution is 2.60. The first-order chi connectivity index (χ1) is 11.0. The van der Waals surface area contributed by atoms with Gasteiger partial charge in [-0.05, 0) is 50.7 Å². The van der Waals surface area contributed by atoms with Crippen LogP contribution in [0.2, 0.25) is 0 Å². The van der Waals surface area contributed by atoms with Crippen molar-refractivity contribution in [3.05, 3.63) is 35.4 Å². The van der Waals surface area contributed by atoms with Crippen LogP contribution in [0.4, 0.5) is 0 Å². The first kappa shape index (κ1) is 16.0. The van der Waals surface area contributed by atoms with Crippen molar-refractivity contribution in [2.75, 3.05) is 6.54 Å². The van der Waals surface area contributed by atoms with Gasteiger partial charge in [-0.3, -0.25) is 9.59 Å². The zero-order valence-corrected chi connectivity index (χ0v) is 13.9. The van der Waals surface area contributed by atoms with Gasteiger partial charge in [0.25, 0.3) is 0 Å². The van der Waals surface area contributed by atoms with E-state index < -0.39 is 5.97 Å². The highest BCUT2D eigenvalue weighted by molar-refractivity contribution is 5.85. The van der Waals surface area contributed by atoms with Crippen molar-refractivity contribution in [3.8, 4) is 0 Å². The molecule has 1 N–H and O–H groups in total. The molecule has 2 unspecified atom stereocenters. The predicted octanol–water partition coefficient (Wildman–Crippen LogP) is 2.99. The van der Waals surface area contributed by atoms with Gasteiger partial charge in [0.15, 0.2) is 0 Å². The molecule has 23 heavy (non-hydrogen) atoms. The van der Waals surface area contributed by atoms with Gasteiger partial charge in [-0.25, -0.2) is 0 Å². The number of carbonyl (C=O) groups is 2. The molecule has 0 saturated heterocycles. The maximum Gasteiger partial charge on any atom is 0.305 e. The molecule has 0 bridgehead atoms. The fourth-order valence-electron chi connectivity index (χ4n) is 4.20. The normalized spacial score (nSPS) is 25.3. The minimum Gasteiger partial charge on any atom is -0.481 e. The lowest BCUT2D eigenvalue weighted by atomic mass is 9.78. The van der Waals surface area contributed by atoms with Crippen molar-refractivity contribution in [2.24, 2.45) is 5.92 Å². The Kier molecular flexibility index (Phi) is 4.17. The topological polar surface area (TPSA) is 57.6 Å². The summed E-state index contributed by atoms with van der Waals surface area (Å²) >= 11 is 0. The Morgan fingerprint density at radius 2 is 2.09 bits per heavy atom. The molecule has 1 saturated carbocycles. The van der Waals surface area contributed by atoms with E-state index >= 15 is 0 Å². The average Bonchev–Trinajstić information content (AvgIpc) is 3.22. The molecule has 1 aromatic rings. The van der Waals surface area contributed by atoms with Crippen molar-refractivity contribution in [2.45, 2.75) is 57.4 Å². The number of nitrogens with zero attached hydrogens (tertiary/aromatic N) is 1. The van der Waals surface area contributed by atoms with Gasteiger partial charge in [0.05, 0.1) is 6.42 Å². The smallest absolute Gasteiger partial charge is 0.305 e. The molecule has 1 fully saturated rings. The number of hydrogen-bond donors (Lipinski definition) is 1. The Labute approximate surface area is 137 Å². The summed E-state index contributed by atoms with van der Waals surface area (Å²) in [5.41, 5.74) is 2.75. The quantitative estimate of drug-likeness (QED) is 0.909. The van der Waals surface area contributed by atoms with Crippen LogP contribution >= 0.6 is 0 Å². The van der Waals surface area contributed by atoms with Gasteiger partial charge in [-0.1, -0.05) is 24.3 Å².